The van der Waals surface area contributed by atoms with E-state index in [9.17, 15) is 0 Å². The number of amidine groups is 1. The lowest BCUT2D eigenvalue weighted by Crippen LogP contribution is -2.34. The van der Waals surface area contributed by atoms with Gasteiger partial charge in [-0.05, 0) is 12.1 Å². The van der Waals surface area contributed by atoms with Gasteiger partial charge >= 0.3 is 5.17 Å². The number of morpholine rings is 1. The highest BCUT2D eigenvalue weighted by Gasteiger charge is 2.13. The summed E-state index contributed by atoms with van der Waals surface area (Å²) in [4.78, 5) is 0. The highest BCUT2D eigenvalue weighted by atomic mass is 32.1. The molecule has 0 aliphatic carbocycles. The first-order valence-electron chi connectivity index (χ1n) is 5.07. The van der Waals surface area contributed by atoms with Crippen molar-refractivity contribution in [3.63, 3.8) is 0 Å². The number of hydrogen-bond donors (Lipinski definition) is 2. The maximum atomic E-state index is 5.28. The Bertz CT molecular complexity index is 343. The summed E-state index contributed by atoms with van der Waals surface area (Å²) in [7, 11) is 0. The van der Waals surface area contributed by atoms with Crippen molar-refractivity contribution in [2.75, 3.05) is 31.6 Å². The molecule has 15 heavy (non-hydrogen) atoms. The molecule has 0 amide bonds. The van der Waals surface area contributed by atoms with Gasteiger partial charge in [0.2, 0.25) is 0 Å². The van der Waals surface area contributed by atoms with Crippen LogP contribution in [0.5, 0.6) is 0 Å². The van der Waals surface area contributed by atoms with E-state index in [1.165, 1.54) is 0 Å². The van der Waals surface area contributed by atoms with Crippen LogP contribution in [-0.2, 0) is 4.74 Å². The van der Waals surface area contributed by atoms with E-state index in [4.69, 9.17) is 4.74 Å². The van der Waals surface area contributed by atoms with E-state index in [0.717, 1.165) is 37.2 Å². The second-order valence-corrected chi connectivity index (χ2v) is 3.84. The maximum absolute atomic E-state index is 5.28. The van der Waals surface area contributed by atoms with Gasteiger partial charge in [0, 0.05) is 0 Å². The minimum Gasteiger partial charge on any atom is -0.373 e. The molecule has 0 radical (unpaired) electrons. The van der Waals surface area contributed by atoms with Crippen LogP contribution in [-0.4, -0.2) is 36.0 Å². The van der Waals surface area contributed by atoms with Crippen LogP contribution < -0.4 is 5.32 Å². The average Bonchev–Trinajstić information content (AvgIpc) is 2.31. The number of nitrogens with one attached hydrogen (secondary N) is 1. The lowest BCUT2D eigenvalue weighted by atomic mass is 10.3. The molecule has 0 bridgehead atoms. The second-order valence-electron chi connectivity index (χ2n) is 3.41. The van der Waals surface area contributed by atoms with Crippen molar-refractivity contribution in [1.29, 1.82) is 0 Å². The Kier molecular flexibility index (Phi) is 3.64. The molecule has 1 aliphatic rings. The standard InChI is InChI=1S/C11H14N2OS/c15-11(13-6-8-14-9-7-13)12-10-4-2-1-3-5-10/h1-5H,6-9H2,(H,12,15)/p+1. The van der Waals surface area contributed by atoms with Crippen LogP contribution in [0.3, 0.4) is 0 Å². The van der Waals surface area contributed by atoms with Crippen molar-refractivity contribution < 1.29 is 9.31 Å². The van der Waals surface area contributed by atoms with E-state index in [-0.39, 0.29) is 0 Å². The second kappa shape index (κ2) is 5.19. The third kappa shape index (κ3) is 2.97. The fraction of sp³-hybridized carbons (Fsp3) is 0.364. The molecule has 1 aromatic rings. The molecule has 1 N–H and O–H groups in total. The van der Waals surface area contributed by atoms with Crippen molar-refractivity contribution in [3.05, 3.63) is 30.3 Å². The smallest absolute Gasteiger partial charge is 0.308 e. The van der Waals surface area contributed by atoms with Gasteiger partial charge in [-0.2, -0.15) is 0 Å². The zero-order valence-corrected chi connectivity index (χ0v) is 9.41. The lowest BCUT2D eigenvalue weighted by molar-refractivity contribution is -0.546. The van der Waals surface area contributed by atoms with Crippen LogP contribution in [0.2, 0.25) is 0 Å². The van der Waals surface area contributed by atoms with Gasteiger partial charge in [0.15, 0.2) is 0 Å². The van der Waals surface area contributed by atoms with Gasteiger partial charge in [-0.25, -0.2) is 5.32 Å². The number of anilines is 1. The predicted molar refractivity (Wildman–Crippen MR) is 64.9 cm³/mol. The molecule has 0 unspecified atom stereocenters. The minimum atomic E-state index is 0.778. The largest absolute Gasteiger partial charge is 0.373 e. The molecule has 3 nitrogen and oxygen atoms in total. The Hall–Kier alpha value is -1.00. The van der Waals surface area contributed by atoms with Crippen molar-refractivity contribution in [1.82, 2.24) is 0 Å². The molecule has 1 fully saturated rings. The van der Waals surface area contributed by atoms with Gasteiger partial charge in [0.1, 0.15) is 18.8 Å². The molecule has 0 saturated carbocycles. The van der Waals surface area contributed by atoms with Gasteiger partial charge in [-0.15, -0.1) is 0 Å². The quantitative estimate of drug-likeness (QED) is 0.427. The molecule has 1 saturated heterocycles. The summed E-state index contributed by atoms with van der Waals surface area (Å²) in [6, 6.07) is 10.1. The summed E-state index contributed by atoms with van der Waals surface area (Å²) in [6.45, 7) is 3.36. The van der Waals surface area contributed by atoms with Crippen LogP contribution in [0.4, 0.5) is 5.69 Å². The monoisotopic (exact) mass is 223 g/mol. The number of nitrogens with zero attached hydrogens (tertiary/aromatic N) is 1. The van der Waals surface area contributed by atoms with Gasteiger partial charge in [-0.1, -0.05) is 30.8 Å². The van der Waals surface area contributed by atoms with Crippen molar-refractivity contribution in [2.24, 2.45) is 0 Å². The van der Waals surface area contributed by atoms with Gasteiger partial charge < -0.3 is 4.74 Å². The van der Waals surface area contributed by atoms with Gasteiger partial charge in [-0.3, -0.25) is 4.58 Å². The fourth-order valence-electron chi connectivity index (χ4n) is 1.50. The maximum Gasteiger partial charge on any atom is 0.308 e. The van der Waals surface area contributed by atoms with Crippen LogP contribution in [0.15, 0.2) is 30.3 Å². The zero-order valence-electron chi connectivity index (χ0n) is 8.52. The number of para-hydroxylation sites is 1. The Balaban J connectivity index is 2.05. The van der Waals surface area contributed by atoms with E-state index in [1.54, 1.807) is 0 Å². The summed E-state index contributed by atoms with van der Waals surface area (Å²) >= 11 is 4.46. The first-order valence-corrected chi connectivity index (χ1v) is 5.51. The number of rotatable bonds is 1. The highest BCUT2D eigenvalue weighted by Crippen LogP contribution is 2.06. The SMILES string of the molecule is SC(Nc1ccccc1)=[N+]1CCOCC1. The average molecular weight is 223 g/mol. The minimum absolute atomic E-state index is 0.778. The third-order valence-corrected chi connectivity index (χ3v) is 2.74. The zero-order chi connectivity index (χ0) is 10.5. The van der Waals surface area contributed by atoms with E-state index in [0.29, 0.717) is 0 Å². The van der Waals surface area contributed by atoms with E-state index >= 15 is 0 Å². The van der Waals surface area contributed by atoms with Crippen molar-refractivity contribution in [2.45, 2.75) is 0 Å². The molecule has 0 atom stereocenters. The molecule has 2 rings (SSSR count). The number of ether oxygens (including phenoxy) is 1. The van der Waals surface area contributed by atoms with E-state index < -0.39 is 0 Å². The van der Waals surface area contributed by atoms with Crippen molar-refractivity contribution >= 4 is 23.5 Å². The summed E-state index contributed by atoms with van der Waals surface area (Å²) in [6.07, 6.45) is 0. The summed E-state index contributed by atoms with van der Waals surface area (Å²) < 4.78 is 7.46. The van der Waals surface area contributed by atoms with Crippen LogP contribution in [0.25, 0.3) is 0 Å². The van der Waals surface area contributed by atoms with Crippen LogP contribution in [0, 0.1) is 0 Å². The molecular formula is C11H15N2OS+. The number of benzene rings is 1. The number of thiol groups is 1. The predicted octanol–water partition coefficient (Wildman–Crippen LogP) is 1.43. The molecule has 0 aromatic heterocycles. The van der Waals surface area contributed by atoms with Gasteiger partial charge in [0.05, 0.1) is 13.2 Å². The topological polar surface area (TPSA) is 24.3 Å². The van der Waals surface area contributed by atoms with Gasteiger partial charge in [0.25, 0.3) is 0 Å². The fourth-order valence-corrected chi connectivity index (χ4v) is 1.83. The highest BCUT2D eigenvalue weighted by molar-refractivity contribution is 7.97. The Morgan fingerprint density at radius 1 is 1.20 bits per heavy atom. The lowest BCUT2D eigenvalue weighted by Gasteiger charge is -2.15. The van der Waals surface area contributed by atoms with E-state index in [1.807, 2.05) is 30.3 Å². The molecule has 4 heteroatoms. The Morgan fingerprint density at radius 3 is 2.53 bits per heavy atom. The first kappa shape index (κ1) is 10.5. The molecule has 1 aromatic carbocycles. The molecular weight excluding hydrogens is 208 g/mol. The molecule has 0 spiro atoms. The first-order chi connectivity index (χ1) is 7.36. The molecule has 1 aliphatic heterocycles. The summed E-state index contributed by atoms with van der Waals surface area (Å²) in [5.41, 5.74) is 1.06. The normalized spacial score (nSPS) is 16.2. The summed E-state index contributed by atoms with van der Waals surface area (Å²) in [5.74, 6) is 0. The molecule has 1 heterocycles. The van der Waals surface area contributed by atoms with Crippen LogP contribution >= 0.6 is 12.6 Å². The molecule has 80 valence electrons. The summed E-state index contributed by atoms with van der Waals surface area (Å²) in [5, 5.41) is 4.16. The Morgan fingerprint density at radius 2 is 1.87 bits per heavy atom. The van der Waals surface area contributed by atoms with E-state index in [2.05, 4.69) is 22.5 Å². The Labute approximate surface area is 95.2 Å². The third-order valence-electron chi connectivity index (χ3n) is 2.34. The number of hydrogen-bond acceptors (Lipinski definition) is 1. The van der Waals surface area contributed by atoms with Crippen LogP contribution in [0.1, 0.15) is 0 Å². The van der Waals surface area contributed by atoms with Crippen molar-refractivity contribution in [3.8, 4) is 0 Å².